The van der Waals surface area contributed by atoms with Gasteiger partial charge in [-0.1, -0.05) is 18.2 Å². The van der Waals surface area contributed by atoms with Crippen LogP contribution in [0.15, 0.2) is 47.9 Å². The summed E-state index contributed by atoms with van der Waals surface area (Å²) >= 11 is 1.34. The van der Waals surface area contributed by atoms with Crippen LogP contribution in [0, 0.1) is 0 Å². The molecule has 1 amide bonds. The molecule has 0 spiro atoms. The monoisotopic (exact) mass is 424 g/mol. The summed E-state index contributed by atoms with van der Waals surface area (Å²) in [6.45, 7) is 2.01. The molecular weight excluding hydrogens is 404 g/mol. The quantitative estimate of drug-likeness (QED) is 0.597. The summed E-state index contributed by atoms with van der Waals surface area (Å²) in [5.74, 6) is 2.17. The Morgan fingerprint density at radius 2 is 2.07 bits per heavy atom. The molecule has 2 aromatic carbocycles. The summed E-state index contributed by atoms with van der Waals surface area (Å²) in [6.07, 6.45) is 3.90. The molecule has 154 valence electrons. The van der Waals surface area contributed by atoms with E-state index >= 15 is 0 Å². The maximum atomic E-state index is 12.3. The lowest BCUT2D eigenvalue weighted by Crippen LogP contribution is -2.20. The summed E-state index contributed by atoms with van der Waals surface area (Å²) in [5, 5.41) is 5.12. The highest BCUT2D eigenvalue weighted by Crippen LogP contribution is 2.36. The van der Waals surface area contributed by atoms with Crippen molar-refractivity contribution in [2.45, 2.75) is 6.92 Å². The molecule has 0 saturated carbocycles. The van der Waals surface area contributed by atoms with Crippen LogP contribution in [-0.2, 0) is 4.79 Å². The number of hydrogen-bond donors (Lipinski definition) is 1. The first-order valence-corrected chi connectivity index (χ1v) is 10.1. The minimum absolute atomic E-state index is 0.155. The second-order valence-corrected chi connectivity index (χ2v) is 7.21. The lowest BCUT2D eigenvalue weighted by atomic mass is 10.1. The average Bonchev–Trinajstić information content (AvgIpc) is 3.41. The number of methoxy groups -OCH3 is 1. The van der Waals surface area contributed by atoms with E-state index in [4.69, 9.17) is 18.9 Å². The van der Waals surface area contributed by atoms with Crippen LogP contribution >= 0.6 is 11.3 Å². The number of carbonyl (C=O) groups is 1. The molecule has 4 rings (SSSR count). The number of carbonyl (C=O) groups excluding carboxylic acids is 1. The number of allylic oxidation sites excluding steroid dienone is 1. The number of rotatable bonds is 7. The Morgan fingerprint density at radius 1 is 1.20 bits per heavy atom. The van der Waals surface area contributed by atoms with Gasteiger partial charge in [0.05, 0.1) is 12.8 Å². The summed E-state index contributed by atoms with van der Waals surface area (Å²) < 4.78 is 21.7. The highest BCUT2D eigenvalue weighted by Gasteiger charge is 2.16. The number of aromatic nitrogens is 1. The molecule has 0 aliphatic carbocycles. The Morgan fingerprint density at radius 3 is 2.90 bits per heavy atom. The Kier molecular flexibility index (Phi) is 5.85. The minimum atomic E-state index is -0.304. The normalized spacial score (nSPS) is 12.2. The molecule has 1 N–H and O–H groups in total. The zero-order valence-corrected chi connectivity index (χ0v) is 17.3. The van der Waals surface area contributed by atoms with Crippen LogP contribution in [0.3, 0.4) is 0 Å². The van der Waals surface area contributed by atoms with Crippen molar-refractivity contribution in [3.8, 4) is 34.3 Å². The van der Waals surface area contributed by atoms with Gasteiger partial charge in [-0.3, -0.25) is 10.1 Å². The highest BCUT2D eigenvalue weighted by atomic mass is 32.1. The van der Waals surface area contributed by atoms with E-state index in [9.17, 15) is 4.79 Å². The molecule has 2 heterocycles. The van der Waals surface area contributed by atoms with Crippen LogP contribution in [0.5, 0.6) is 23.0 Å². The fourth-order valence-electron chi connectivity index (χ4n) is 2.92. The number of benzene rings is 2. The first-order valence-electron chi connectivity index (χ1n) is 9.25. The third-order valence-corrected chi connectivity index (χ3v) is 5.08. The Labute approximate surface area is 177 Å². The van der Waals surface area contributed by atoms with Crippen LogP contribution in [0.2, 0.25) is 0 Å². The van der Waals surface area contributed by atoms with Gasteiger partial charge in [-0.15, -0.1) is 11.3 Å². The number of nitrogens with zero attached hydrogens (tertiary/aromatic N) is 1. The molecule has 0 radical (unpaired) electrons. The van der Waals surface area contributed by atoms with Gasteiger partial charge in [-0.2, -0.15) is 0 Å². The van der Waals surface area contributed by atoms with Gasteiger partial charge in [-0.25, -0.2) is 4.98 Å². The van der Waals surface area contributed by atoms with Crippen molar-refractivity contribution in [1.29, 1.82) is 0 Å². The molecule has 0 saturated heterocycles. The summed E-state index contributed by atoms with van der Waals surface area (Å²) in [4.78, 5) is 16.8. The lowest BCUT2D eigenvalue weighted by molar-refractivity contribution is -0.118. The fourth-order valence-corrected chi connectivity index (χ4v) is 3.65. The molecule has 0 bridgehead atoms. The largest absolute Gasteiger partial charge is 0.493 e. The zero-order valence-electron chi connectivity index (χ0n) is 16.5. The van der Waals surface area contributed by atoms with Crippen molar-refractivity contribution in [3.63, 3.8) is 0 Å². The van der Waals surface area contributed by atoms with E-state index in [-0.39, 0.29) is 19.3 Å². The van der Waals surface area contributed by atoms with Crippen molar-refractivity contribution >= 4 is 28.5 Å². The molecule has 7 nitrogen and oxygen atoms in total. The summed E-state index contributed by atoms with van der Waals surface area (Å²) in [7, 11) is 1.56. The predicted octanol–water partition coefficient (Wildman–Crippen LogP) is 4.60. The molecule has 1 aromatic heterocycles. The van der Waals surface area contributed by atoms with E-state index in [1.807, 2.05) is 54.8 Å². The smallest absolute Gasteiger partial charge is 0.264 e. The number of hydrogen-bond acceptors (Lipinski definition) is 7. The second kappa shape index (κ2) is 8.87. The molecule has 0 unspecified atom stereocenters. The number of nitrogens with one attached hydrogen (secondary N) is 1. The van der Waals surface area contributed by atoms with Crippen LogP contribution in [-0.4, -0.2) is 31.4 Å². The molecule has 0 fully saturated rings. The van der Waals surface area contributed by atoms with Crippen molar-refractivity contribution in [3.05, 3.63) is 53.4 Å². The SMILES string of the molecule is C/C=C/c1ccc(OCC(=O)Nc2nc(-c3ccc4c(c3)OCO4)cs2)c(OC)c1. The summed E-state index contributed by atoms with van der Waals surface area (Å²) in [5.41, 5.74) is 2.62. The topological polar surface area (TPSA) is 78.9 Å². The van der Waals surface area contributed by atoms with Gasteiger partial charge in [-0.05, 0) is 42.8 Å². The van der Waals surface area contributed by atoms with Gasteiger partial charge in [0.1, 0.15) is 0 Å². The lowest BCUT2D eigenvalue weighted by Gasteiger charge is -2.11. The Bertz CT molecular complexity index is 1090. The van der Waals surface area contributed by atoms with Gasteiger partial charge in [0.25, 0.3) is 5.91 Å². The van der Waals surface area contributed by atoms with E-state index in [2.05, 4.69) is 10.3 Å². The highest BCUT2D eigenvalue weighted by molar-refractivity contribution is 7.14. The number of thiazole rings is 1. The van der Waals surface area contributed by atoms with Crippen LogP contribution < -0.4 is 24.3 Å². The number of amides is 1. The van der Waals surface area contributed by atoms with E-state index in [1.54, 1.807) is 13.2 Å². The van der Waals surface area contributed by atoms with Gasteiger partial charge < -0.3 is 18.9 Å². The molecule has 0 atom stereocenters. The second-order valence-electron chi connectivity index (χ2n) is 6.35. The third-order valence-electron chi connectivity index (χ3n) is 4.32. The van der Waals surface area contributed by atoms with Crippen molar-refractivity contribution in [2.75, 3.05) is 25.8 Å². The van der Waals surface area contributed by atoms with E-state index in [1.165, 1.54) is 11.3 Å². The van der Waals surface area contributed by atoms with Gasteiger partial charge >= 0.3 is 0 Å². The standard InChI is InChI=1S/C22H20N2O5S/c1-3-4-14-5-7-17(19(9-14)26-2)27-11-21(25)24-22-23-16(12-30-22)15-6-8-18-20(10-15)29-13-28-18/h3-10,12H,11,13H2,1-2H3,(H,23,24,25)/b4-3+. The predicted molar refractivity (Wildman–Crippen MR) is 115 cm³/mol. The third kappa shape index (κ3) is 4.38. The maximum absolute atomic E-state index is 12.3. The van der Waals surface area contributed by atoms with E-state index < -0.39 is 0 Å². The van der Waals surface area contributed by atoms with Crippen LogP contribution in [0.4, 0.5) is 5.13 Å². The number of anilines is 1. The van der Waals surface area contributed by atoms with E-state index in [0.29, 0.717) is 28.1 Å². The number of ether oxygens (including phenoxy) is 4. The van der Waals surface area contributed by atoms with Gasteiger partial charge in [0.2, 0.25) is 6.79 Å². The number of fused-ring (bicyclic) bond motifs is 1. The first kappa shape index (κ1) is 19.8. The Hall–Kier alpha value is -3.52. The van der Waals surface area contributed by atoms with Crippen LogP contribution in [0.1, 0.15) is 12.5 Å². The zero-order chi connectivity index (χ0) is 20.9. The molecular formula is C22H20N2O5S. The molecule has 30 heavy (non-hydrogen) atoms. The average molecular weight is 424 g/mol. The first-order chi connectivity index (χ1) is 14.7. The van der Waals surface area contributed by atoms with Gasteiger partial charge in [0, 0.05) is 10.9 Å². The van der Waals surface area contributed by atoms with Crippen molar-refractivity contribution < 1.29 is 23.7 Å². The van der Waals surface area contributed by atoms with Crippen molar-refractivity contribution in [1.82, 2.24) is 4.98 Å². The van der Waals surface area contributed by atoms with Crippen LogP contribution in [0.25, 0.3) is 17.3 Å². The Balaban J connectivity index is 1.37. The fraction of sp³-hybridized carbons (Fsp3) is 0.182. The maximum Gasteiger partial charge on any atom is 0.264 e. The molecule has 8 heteroatoms. The summed E-state index contributed by atoms with van der Waals surface area (Å²) in [6, 6.07) is 11.2. The molecule has 3 aromatic rings. The van der Waals surface area contributed by atoms with E-state index in [0.717, 1.165) is 16.8 Å². The molecule has 1 aliphatic heterocycles. The minimum Gasteiger partial charge on any atom is -0.493 e. The van der Waals surface area contributed by atoms with Gasteiger partial charge in [0.15, 0.2) is 34.7 Å². The van der Waals surface area contributed by atoms with Crippen molar-refractivity contribution in [2.24, 2.45) is 0 Å². The molecule has 1 aliphatic rings.